The second-order valence-electron chi connectivity index (χ2n) is 8.61. The van der Waals surface area contributed by atoms with Gasteiger partial charge in [-0.3, -0.25) is 4.79 Å². The molecule has 0 radical (unpaired) electrons. The number of carbonyl (C=O) groups is 2. The van der Waals surface area contributed by atoms with Crippen molar-refractivity contribution in [1.82, 2.24) is 0 Å². The average molecular weight is 528 g/mol. The highest BCUT2D eigenvalue weighted by Crippen LogP contribution is 2.47. The van der Waals surface area contributed by atoms with E-state index in [-0.39, 0.29) is 11.1 Å². The molecule has 12 heteroatoms. The predicted molar refractivity (Wildman–Crippen MR) is 127 cm³/mol. The molecule has 1 heterocycles. The van der Waals surface area contributed by atoms with Crippen molar-refractivity contribution in [3.05, 3.63) is 76.9 Å². The SMILES string of the molecule is O=C(OC1C(CO)OC(c2c(O)cc(O)c(C(=O)c3cc(O)cc(O)c3)c2O)C(O)C1O)c1ccccc1. The second kappa shape index (κ2) is 10.6. The Kier molecular flexibility index (Phi) is 7.41. The van der Waals surface area contributed by atoms with Gasteiger partial charge in [0.15, 0.2) is 6.10 Å². The van der Waals surface area contributed by atoms with Crippen LogP contribution in [-0.4, -0.2) is 83.6 Å². The van der Waals surface area contributed by atoms with Gasteiger partial charge in [-0.1, -0.05) is 18.2 Å². The first kappa shape index (κ1) is 26.7. The summed E-state index contributed by atoms with van der Waals surface area (Å²) in [4.78, 5) is 25.5. The molecule has 5 atom stereocenters. The first-order valence-electron chi connectivity index (χ1n) is 11.3. The summed E-state index contributed by atoms with van der Waals surface area (Å²) in [6.07, 6.45) is -8.61. The Morgan fingerprint density at radius 3 is 2.05 bits per heavy atom. The van der Waals surface area contributed by atoms with Gasteiger partial charge in [0.2, 0.25) is 5.78 Å². The van der Waals surface area contributed by atoms with Crippen LogP contribution in [0.25, 0.3) is 0 Å². The number of hydrogen-bond acceptors (Lipinski definition) is 12. The summed E-state index contributed by atoms with van der Waals surface area (Å²) in [6.45, 7) is -0.818. The lowest BCUT2D eigenvalue weighted by atomic mass is 9.88. The van der Waals surface area contributed by atoms with E-state index < -0.39 is 88.8 Å². The van der Waals surface area contributed by atoms with Gasteiger partial charge in [-0.2, -0.15) is 0 Å². The lowest BCUT2D eigenvalue weighted by Crippen LogP contribution is -2.57. The van der Waals surface area contributed by atoms with Crippen LogP contribution in [-0.2, 0) is 9.47 Å². The first-order valence-corrected chi connectivity index (χ1v) is 11.3. The third-order valence-corrected chi connectivity index (χ3v) is 6.09. The van der Waals surface area contributed by atoms with Gasteiger partial charge >= 0.3 is 5.97 Å². The van der Waals surface area contributed by atoms with Gasteiger partial charge in [0.05, 0.1) is 17.7 Å². The van der Waals surface area contributed by atoms with E-state index in [0.29, 0.717) is 6.07 Å². The predicted octanol–water partition coefficient (Wildman–Crippen LogP) is 0.825. The zero-order valence-electron chi connectivity index (χ0n) is 19.5. The van der Waals surface area contributed by atoms with Crippen molar-refractivity contribution in [3.63, 3.8) is 0 Å². The van der Waals surface area contributed by atoms with Crippen molar-refractivity contribution in [1.29, 1.82) is 0 Å². The van der Waals surface area contributed by atoms with Crippen molar-refractivity contribution in [2.45, 2.75) is 30.5 Å². The highest BCUT2D eigenvalue weighted by atomic mass is 16.6. The maximum absolute atomic E-state index is 13.0. The maximum Gasteiger partial charge on any atom is 0.338 e. The Labute approximate surface area is 214 Å². The van der Waals surface area contributed by atoms with Crippen LogP contribution in [0, 0.1) is 0 Å². The van der Waals surface area contributed by atoms with Crippen LogP contribution >= 0.6 is 0 Å². The van der Waals surface area contributed by atoms with E-state index in [1.165, 1.54) is 12.1 Å². The molecule has 1 aliphatic heterocycles. The molecule has 4 rings (SSSR count). The van der Waals surface area contributed by atoms with E-state index in [1.54, 1.807) is 18.2 Å². The summed E-state index contributed by atoms with van der Waals surface area (Å²) >= 11 is 0. The highest BCUT2D eigenvalue weighted by Gasteiger charge is 2.49. The topological polar surface area (TPSA) is 214 Å². The molecule has 0 spiro atoms. The molecule has 0 amide bonds. The minimum absolute atomic E-state index is 0.128. The van der Waals surface area contributed by atoms with Crippen LogP contribution in [0.4, 0.5) is 0 Å². The van der Waals surface area contributed by atoms with Crippen LogP contribution in [0.2, 0.25) is 0 Å². The van der Waals surface area contributed by atoms with Crippen molar-refractivity contribution in [2.75, 3.05) is 6.61 Å². The van der Waals surface area contributed by atoms with E-state index in [9.17, 15) is 50.4 Å². The summed E-state index contributed by atoms with van der Waals surface area (Å²) < 4.78 is 10.9. The standard InChI is InChI=1S/C26H24O12/c27-10-17-24(38-26(36)11-4-2-1-3-5-11)22(34)23(35)25(37-17)19-16(31)9-15(30)18(21(19)33)20(32)12-6-13(28)8-14(29)7-12/h1-9,17,22-25,27-31,33-35H,10H2. The highest BCUT2D eigenvalue weighted by molar-refractivity contribution is 6.13. The molecule has 3 aromatic carbocycles. The molecule has 12 nitrogen and oxygen atoms in total. The number of ether oxygens (including phenoxy) is 2. The van der Waals surface area contributed by atoms with Gasteiger partial charge in [-0.25, -0.2) is 4.79 Å². The van der Waals surface area contributed by atoms with E-state index in [4.69, 9.17) is 9.47 Å². The number of benzene rings is 3. The summed E-state index contributed by atoms with van der Waals surface area (Å²) in [5, 5.41) is 82.5. The van der Waals surface area contributed by atoms with E-state index in [1.807, 2.05) is 0 Å². The van der Waals surface area contributed by atoms with Crippen molar-refractivity contribution in [3.8, 4) is 28.7 Å². The Bertz CT molecular complexity index is 1330. The van der Waals surface area contributed by atoms with E-state index in [0.717, 1.165) is 18.2 Å². The number of aliphatic hydroxyl groups excluding tert-OH is 3. The Morgan fingerprint density at radius 1 is 0.816 bits per heavy atom. The lowest BCUT2D eigenvalue weighted by molar-refractivity contribution is -0.232. The lowest BCUT2D eigenvalue weighted by Gasteiger charge is -2.42. The number of ketones is 1. The largest absolute Gasteiger partial charge is 0.508 e. The van der Waals surface area contributed by atoms with Crippen LogP contribution in [0.1, 0.15) is 37.9 Å². The number of phenolic OH excluding ortho intramolecular Hbond substituents is 5. The fraction of sp³-hybridized carbons (Fsp3) is 0.231. The van der Waals surface area contributed by atoms with Crippen LogP contribution in [0.15, 0.2) is 54.6 Å². The molecule has 0 bridgehead atoms. The van der Waals surface area contributed by atoms with E-state index >= 15 is 0 Å². The number of aromatic hydroxyl groups is 5. The number of rotatable bonds is 6. The van der Waals surface area contributed by atoms with Crippen molar-refractivity contribution >= 4 is 11.8 Å². The molecule has 1 aliphatic rings. The molecule has 5 unspecified atom stereocenters. The first-order chi connectivity index (χ1) is 18.0. The molecular weight excluding hydrogens is 504 g/mol. The molecule has 0 aliphatic carbocycles. The quantitative estimate of drug-likeness (QED) is 0.165. The smallest absolute Gasteiger partial charge is 0.338 e. The third-order valence-electron chi connectivity index (χ3n) is 6.09. The van der Waals surface area contributed by atoms with Gasteiger partial charge in [0, 0.05) is 17.7 Å². The van der Waals surface area contributed by atoms with Gasteiger partial charge in [-0.05, 0) is 24.3 Å². The zero-order valence-corrected chi connectivity index (χ0v) is 19.5. The van der Waals surface area contributed by atoms with E-state index in [2.05, 4.69) is 0 Å². The third kappa shape index (κ3) is 4.93. The summed E-state index contributed by atoms with van der Waals surface area (Å²) in [5.41, 5.74) is -1.60. The monoisotopic (exact) mass is 528 g/mol. The molecule has 38 heavy (non-hydrogen) atoms. The fourth-order valence-corrected chi connectivity index (χ4v) is 4.27. The van der Waals surface area contributed by atoms with Crippen molar-refractivity contribution in [2.24, 2.45) is 0 Å². The molecule has 1 saturated heterocycles. The summed E-state index contributed by atoms with van der Waals surface area (Å²) in [5.74, 6) is -5.67. The fourth-order valence-electron chi connectivity index (χ4n) is 4.27. The molecule has 0 aromatic heterocycles. The molecule has 200 valence electrons. The Morgan fingerprint density at radius 2 is 1.45 bits per heavy atom. The van der Waals surface area contributed by atoms with Gasteiger partial charge in [-0.15, -0.1) is 0 Å². The molecule has 1 fully saturated rings. The number of hydrogen-bond donors (Lipinski definition) is 8. The second-order valence-corrected chi connectivity index (χ2v) is 8.61. The number of aliphatic hydroxyl groups is 3. The molecule has 3 aromatic rings. The number of phenols is 5. The number of esters is 1. The zero-order chi connectivity index (χ0) is 27.7. The molecule has 8 N–H and O–H groups in total. The average Bonchev–Trinajstić information content (AvgIpc) is 2.87. The summed E-state index contributed by atoms with van der Waals surface area (Å²) in [6, 6.07) is 11.3. The van der Waals surface area contributed by atoms with Crippen LogP contribution in [0.5, 0.6) is 28.7 Å². The molecule has 0 saturated carbocycles. The van der Waals surface area contributed by atoms with Crippen LogP contribution < -0.4 is 0 Å². The van der Waals surface area contributed by atoms with Gasteiger partial charge in [0.1, 0.15) is 58.7 Å². The van der Waals surface area contributed by atoms with Crippen molar-refractivity contribution < 1.29 is 59.9 Å². The van der Waals surface area contributed by atoms with Crippen LogP contribution in [0.3, 0.4) is 0 Å². The summed E-state index contributed by atoms with van der Waals surface area (Å²) in [7, 11) is 0. The van der Waals surface area contributed by atoms with Gasteiger partial charge < -0.3 is 50.3 Å². The minimum Gasteiger partial charge on any atom is -0.508 e. The Hall–Kier alpha value is -4.36. The van der Waals surface area contributed by atoms with Gasteiger partial charge in [0.25, 0.3) is 0 Å². The minimum atomic E-state index is -1.96. The normalized spacial score (nSPS) is 23.1. The Balaban J connectivity index is 1.69. The number of carbonyl (C=O) groups excluding carboxylic acids is 2. The molecular formula is C26H24O12. The maximum atomic E-state index is 13.0.